The number of carbonyl (C=O) groups is 2. The first kappa shape index (κ1) is 30.4. The minimum Gasteiger partial charge on any atom is -0.493 e. The molecule has 0 bridgehead atoms. The quantitative estimate of drug-likeness (QED) is 0.278. The molecular formula is C34H39FN2O6. The van der Waals surface area contributed by atoms with Crippen LogP contribution in [-0.2, 0) is 28.9 Å². The number of amides is 1. The molecule has 3 aromatic carbocycles. The lowest BCUT2D eigenvalue weighted by Crippen LogP contribution is -2.35. The molecule has 3 aromatic rings. The van der Waals surface area contributed by atoms with Crippen molar-refractivity contribution >= 4 is 17.6 Å². The minimum atomic E-state index is -0.952. The number of benzene rings is 3. The van der Waals surface area contributed by atoms with Crippen LogP contribution in [0.2, 0.25) is 0 Å². The van der Waals surface area contributed by atoms with E-state index in [1.165, 1.54) is 24.8 Å². The molecule has 2 N–H and O–H groups in total. The minimum absolute atomic E-state index is 0.0347. The Morgan fingerprint density at radius 1 is 1.02 bits per heavy atom. The molecule has 9 heteroatoms. The van der Waals surface area contributed by atoms with Gasteiger partial charge in [-0.05, 0) is 71.3 Å². The van der Waals surface area contributed by atoms with Crippen LogP contribution in [0, 0.1) is 11.7 Å². The maximum absolute atomic E-state index is 14.2. The third kappa shape index (κ3) is 6.18. The topological polar surface area (TPSA) is 97.3 Å². The van der Waals surface area contributed by atoms with Crippen LogP contribution in [0.25, 0.3) is 0 Å². The molecule has 0 aromatic heterocycles. The lowest BCUT2D eigenvalue weighted by atomic mass is 9.82. The van der Waals surface area contributed by atoms with Gasteiger partial charge in [0.25, 0.3) is 0 Å². The SMILES string of the molecule is CCCc1ccc([C@H]2C(C(=O)O)[C@@H](c3cc(OC)c4c(c3)OCO4)CN2CC(=O)Nc2c(CC)cc(F)cc2CC)cc1. The number of nitrogens with one attached hydrogen (secondary N) is 1. The monoisotopic (exact) mass is 590 g/mol. The van der Waals surface area contributed by atoms with Crippen molar-refractivity contribution in [1.82, 2.24) is 4.90 Å². The summed E-state index contributed by atoms with van der Waals surface area (Å²) < 4.78 is 31.0. The maximum Gasteiger partial charge on any atom is 0.309 e. The van der Waals surface area contributed by atoms with E-state index < -0.39 is 23.8 Å². The van der Waals surface area contributed by atoms with Gasteiger partial charge in [0.15, 0.2) is 11.5 Å². The van der Waals surface area contributed by atoms with E-state index in [0.717, 1.165) is 35.1 Å². The molecular weight excluding hydrogens is 551 g/mol. The van der Waals surface area contributed by atoms with E-state index in [1.807, 2.05) is 49.1 Å². The molecule has 2 aliphatic heterocycles. The van der Waals surface area contributed by atoms with E-state index in [0.29, 0.717) is 42.3 Å². The molecule has 1 amide bonds. The molecule has 3 atom stereocenters. The van der Waals surface area contributed by atoms with Gasteiger partial charge in [0.1, 0.15) is 5.82 Å². The zero-order valence-corrected chi connectivity index (χ0v) is 25.1. The Morgan fingerprint density at radius 3 is 2.33 bits per heavy atom. The zero-order valence-electron chi connectivity index (χ0n) is 25.1. The van der Waals surface area contributed by atoms with Crippen LogP contribution in [0.1, 0.15) is 67.0 Å². The average Bonchev–Trinajstić information content (AvgIpc) is 3.63. The smallest absolute Gasteiger partial charge is 0.309 e. The third-order valence-electron chi connectivity index (χ3n) is 8.49. The summed E-state index contributed by atoms with van der Waals surface area (Å²) in [5.74, 6) is -1.40. The number of nitrogens with zero attached hydrogens (tertiary/aromatic N) is 1. The molecule has 2 aliphatic rings. The van der Waals surface area contributed by atoms with E-state index >= 15 is 0 Å². The number of ether oxygens (including phenoxy) is 3. The van der Waals surface area contributed by atoms with Crippen molar-refractivity contribution < 1.29 is 33.3 Å². The van der Waals surface area contributed by atoms with Crippen molar-refractivity contribution in [2.75, 3.05) is 32.3 Å². The highest BCUT2D eigenvalue weighted by molar-refractivity contribution is 5.94. The number of carbonyl (C=O) groups excluding carboxylic acids is 1. The van der Waals surface area contributed by atoms with E-state index in [4.69, 9.17) is 14.2 Å². The second-order valence-electron chi connectivity index (χ2n) is 11.1. The van der Waals surface area contributed by atoms with Gasteiger partial charge < -0.3 is 24.6 Å². The first-order valence-electron chi connectivity index (χ1n) is 14.9. The molecule has 2 heterocycles. The van der Waals surface area contributed by atoms with Crippen molar-refractivity contribution in [1.29, 1.82) is 0 Å². The number of aryl methyl sites for hydroxylation is 3. The van der Waals surface area contributed by atoms with Gasteiger partial charge in [0.2, 0.25) is 18.4 Å². The third-order valence-corrected chi connectivity index (χ3v) is 8.49. The van der Waals surface area contributed by atoms with Crippen LogP contribution < -0.4 is 19.5 Å². The van der Waals surface area contributed by atoms with Crippen molar-refractivity contribution in [2.45, 2.75) is 58.4 Å². The summed E-state index contributed by atoms with van der Waals surface area (Å²) in [6.45, 7) is 6.30. The number of carboxylic acid groups (broad SMARTS) is 1. The first-order valence-corrected chi connectivity index (χ1v) is 14.9. The predicted molar refractivity (Wildman–Crippen MR) is 162 cm³/mol. The summed E-state index contributed by atoms with van der Waals surface area (Å²) in [5, 5.41) is 13.7. The fourth-order valence-electron chi connectivity index (χ4n) is 6.47. The molecule has 8 nitrogen and oxygen atoms in total. The summed E-state index contributed by atoms with van der Waals surface area (Å²) in [6, 6.07) is 14.0. The van der Waals surface area contributed by atoms with Gasteiger partial charge in [0.05, 0.1) is 19.6 Å². The number of aliphatic carboxylic acids is 1. The van der Waals surface area contributed by atoms with Crippen LogP contribution in [0.5, 0.6) is 17.2 Å². The summed E-state index contributed by atoms with van der Waals surface area (Å²) >= 11 is 0. The molecule has 0 aliphatic carbocycles. The number of hydrogen-bond donors (Lipinski definition) is 2. The van der Waals surface area contributed by atoms with Crippen LogP contribution >= 0.6 is 0 Å². The van der Waals surface area contributed by atoms with Gasteiger partial charge in [0, 0.05) is 24.2 Å². The summed E-state index contributed by atoms with van der Waals surface area (Å²) in [4.78, 5) is 28.6. The normalized spacial score (nSPS) is 19.4. The van der Waals surface area contributed by atoms with Crippen molar-refractivity contribution in [2.24, 2.45) is 5.92 Å². The van der Waals surface area contributed by atoms with Gasteiger partial charge in [-0.15, -0.1) is 0 Å². The molecule has 0 spiro atoms. The van der Waals surface area contributed by atoms with E-state index in [-0.39, 0.29) is 25.1 Å². The zero-order chi connectivity index (χ0) is 30.7. The molecule has 0 saturated carbocycles. The molecule has 1 saturated heterocycles. The maximum atomic E-state index is 14.2. The second kappa shape index (κ2) is 13.0. The van der Waals surface area contributed by atoms with Gasteiger partial charge in [-0.3, -0.25) is 14.5 Å². The average molecular weight is 591 g/mol. The van der Waals surface area contributed by atoms with Gasteiger partial charge in [-0.1, -0.05) is 51.5 Å². The molecule has 1 unspecified atom stereocenters. The van der Waals surface area contributed by atoms with Crippen molar-refractivity contribution in [3.8, 4) is 17.2 Å². The molecule has 5 rings (SSSR count). The van der Waals surface area contributed by atoms with Gasteiger partial charge in [-0.2, -0.15) is 0 Å². The van der Waals surface area contributed by atoms with Crippen LogP contribution in [0.3, 0.4) is 0 Å². The Hall–Kier alpha value is -4.11. The number of carboxylic acids is 1. The number of anilines is 1. The highest BCUT2D eigenvalue weighted by atomic mass is 19.1. The van der Waals surface area contributed by atoms with Crippen molar-refractivity contribution in [3.63, 3.8) is 0 Å². The first-order chi connectivity index (χ1) is 20.8. The molecule has 228 valence electrons. The Kier molecular flexibility index (Phi) is 9.20. The number of halogens is 1. The Bertz CT molecular complexity index is 1470. The predicted octanol–water partition coefficient (Wildman–Crippen LogP) is 6.12. The number of rotatable bonds is 11. The van der Waals surface area contributed by atoms with E-state index in [9.17, 15) is 19.1 Å². The fraction of sp³-hybridized carbons (Fsp3) is 0.412. The lowest BCUT2D eigenvalue weighted by Gasteiger charge is -2.27. The number of fused-ring (bicyclic) bond motifs is 1. The summed E-state index contributed by atoms with van der Waals surface area (Å²) in [6.07, 6.45) is 3.05. The standard InChI is InChI=1S/C34H39FN2O6/c1-5-8-20-9-11-23(12-10-20)32-30(34(39)40)26(24-15-27(41-4)33-28(16-24)42-19-43-33)17-37(32)18-29(38)36-31-21(6-2)13-25(35)14-22(31)7-3/h9-16,26,30,32H,5-8,17-19H2,1-4H3,(H,36,38)(H,39,40)/t26-,30?,32+/m1/s1. The van der Waals surface area contributed by atoms with Gasteiger partial charge in [-0.25, -0.2) is 4.39 Å². The highest BCUT2D eigenvalue weighted by Crippen LogP contribution is 2.50. The lowest BCUT2D eigenvalue weighted by molar-refractivity contribution is -0.143. The number of hydrogen-bond acceptors (Lipinski definition) is 6. The second-order valence-corrected chi connectivity index (χ2v) is 11.1. The summed E-state index contributed by atoms with van der Waals surface area (Å²) in [7, 11) is 1.53. The number of methoxy groups -OCH3 is 1. The van der Waals surface area contributed by atoms with Crippen LogP contribution in [-0.4, -0.2) is 48.9 Å². The Morgan fingerprint density at radius 2 is 1.72 bits per heavy atom. The Labute approximate surface area is 251 Å². The van der Waals surface area contributed by atoms with Crippen LogP contribution in [0.4, 0.5) is 10.1 Å². The number of likely N-dealkylation sites (tertiary alicyclic amines) is 1. The molecule has 0 radical (unpaired) electrons. The summed E-state index contributed by atoms with van der Waals surface area (Å²) in [5.41, 5.74) is 4.83. The van der Waals surface area contributed by atoms with E-state index in [2.05, 4.69) is 12.2 Å². The molecule has 1 fully saturated rings. The fourth-order valence-corrected chi connectivity index (χ4v) is 6.47. The largest absolute Gasteiger partial charge is 0.493 e. The Balaban J connectivity index is 1.52. The van der Waals surface area contributed by atoms with E-state index in [1.54, 1.807) is 6.07 Å². The molecule has 43 heavy (non-hydrogen) atoms. The van der Waals surface area contributed by atoms with Crippen molar-refractivity contribution in [3.05, 3.63) is 82.2 Å². The van der Waals surface area contributed by atoms with Crippen LogP contribution in [0.15, 0.2) is 48.5 Å². The van der Waals surface area contributed by atoms with Gasteiger partial charge >= 0.3 is 5.97 Å². The highest BCUT2D eigenvalue weighted by Gasteiger charge is 2.48.